The van der Waals surface area contributed by atoms with E-state index < -0.39 is 47.5 Å². The molecule has 1 saturated heterocycles. The van der Waals surface area contributed by atoms with Gasteiger partial charge in [-0.05, 0) is 43.4 Å². The van der Waals surface area contributed by atoms with Crippen molar-refractivity contribution in [1.82, 2.24) is 0 Å². The van der Waals surface area contributed by atoms with Crippen LogP contribution in [-0.4, -0.2) is 62.3 Å². The van der Waals surface area contributed by atoms with Crippen LogP contribution in [0.25, 0.3) is 0 Å². The van der Waals surface area contributed by atoms with E-state index in [9.17, 15) is 25.2 Å². The van der Waals surface area contributed by atoms with Crippen LogP contribution < -0.4 is 0 Å². The molecule has 1 unspecified atom stereocenters. The van der Waals surface area contributed by atoms with E-state index in [1.54, 1.807) is 13.8 Å². The highest BCUT2D eigenvalue weighted by Crippen LogP contribution is 2.64. The zero-order valence-corrected chi connectivity index (χ0v) is 16.5. The van der Waals surface area contributed by atoms with E-state index in [4.69, 9.17) is 4.74 Å². The molecular weight excluding hydrogens is 336 g/mol. The monoisotopic (exact) mass is 370 g/mol. The molecule has 0 bridgehead atoms. The predicted molar refractivity (Wildman–Crippen MR) is 95.3 cm³/mol. The average molecular weight is 370 g/mol. The van der Waals surface area contributed by atoms with E-state index >= 15 is 0 Å². The fourth-order valence-electron chi connectivity index (χ4n) is 6.82. The van der Waals surface area contributed by atoms with Gasteiger partial charge in [-0.25, -0.2) is 0 Å². The molecule has 3 rings (SSSR count). The van der Waals surface area contributed by atoms with Gasteiger partial charge in [0.05, 0.1) is 18.6 Å². The van der Waals surface area contributed by atoms with Crippen molar-refractivity contribution in [3.05, 3.63) is 0 Å². The van der Waals surface area contributed by atoms with Gasteiger partial charge in [0, 0.05) is 6.42 Å². The average Bonchev–Trinajstić information content (AvgIpc) is 2.49. The second-order valence-electron chi connectivity index (χ2n) is 10.1. The van der Waals surface area contributed by atoms with Gasteiger partial charge in [0.15, 0.2) is 0 Å². The fraction of sp³-hybridized carbons (Fsp3) is 0.950. The number of ketones is 1. The van der Waals surface area contributed by atoms with Crippen molar-refractivity contribution in [1.29, 1.82) is 0 Å². The molecule has 0 aromatic carbocycles. The standard InChI is InChI=1S/C20H34O6/c1-17(2)7-6-8-18(3)14-11(22)9-19(4,12(23)10-21)26-20(14,5)16(25)13(24)15(17)18/h12-16,21,23-25H,6-10H2,1-5H3/t12?,13-,14+,15-,16-,18+,19+,20-/m0/s1. The number of Topliss-reactive ketones (excluding diaryl/α,β-unsaturated/α-hetero) is 1. The smallest absolute Gasteiger partial charge is 0.142 e. The van der Waals surface area contributed by atoms with Gasteiger partial charge in [-0.1, -0.05) is 27.2 Å². The minimum atomic E-state index is -1.31. The van der Waals surface area contributed by atoms with Gasteiger partial charge in [-0.2, -0.15) is 0 Å². The number of hydrogen-bond donors (Lipinski definition) is 4. The molecule has 0 amide bonds. The first kappa shape index (κ1) is 20.2. The third kappa shape index (κ3) is 2.53. The van der Waals surface area contributed by atoms with Crippen LogP contribution in [0.1, 0.15) is 60.3 Å². The van der Waals surface area contributed by atoms with Crippen molar-refractivity contribution in [3.8, 4) is 0 Å². The van der Waals surface area contributed by atoms with Gasteiger partial charge in [-0.15, -0.1) is 0 Å². The SMILES string of the molecule is CC1(C)CCC[C@]2(C)[C@H]3C(=O)C[C@](C)(C(O)CO)O[C@]3(C)[C@@H](O)[C@@H](O)[C@@H]12. The Morgan fingerprint density at radius 2 is 1.77 bits per heavy atom. The minimum absolute atomic E-state index is 0.0134. The molecule has 0 spiro atoms. The second-order valence-corrected chi connectivity index (χ2v) is 10.1. The van der Waals surface area contributed by atoms with E-state index in [-0.39, 0.29) is 23.5 Å². The van der Waals surface area contributed by atoms with E-state index in [1.165, 1.54) is 0 Å². The largest absolute Gasteiger partial charge is 0.394 e. The number of carbonyl (C=O) groups is 1. The lowest BCUT2D eigenvalue weighted by Crippen LogP contribution is -2.76. The summed E-state index contributed by atoms with van der Waals surface area (Å²) in [6.45, 7) is 8.97. The molecule has 2 aliphatic carbocycles. The summed E-state index contributed by atoms with van der Waals surface area (Å²) in [5.74, 6) is -0.835. The molecule has 0 radical (unpaired) electrons. The van der Waals surface area contributed by atoms with Gasteiger partial charge in [0.1, 0.15) is 29.2 Å². The lowest BCUT2D eigenvalue weighted by atomic mass is 9.42. The van der Waals surface area contributed by atoms with Crippen molar-refractivity contribution < 1.29 is 30.0 Å². The second kappa shape index (κ2) is 5.98. The van der Waals surface area contributed by atoms with Crippen LogP contribution in [0.2, 0.25) is 0 Å². The quantitative estimate of drug-likeness (QED) is 0.578. The molecule has 1 heterocycles. The highest BCUT2D eigenvalue weighted by molar-refractivity contribution is 5.85. The molecule has 3 aliphatic rings. The third-order valence-corrected chi connectivity index (χ3v) is 7.75. The first-order valence-electron chi connectivity index (χ1n) is 9.71. The van der Waals surface area contributed by atoms with E-state index in [0.29, 0.717) is 0 Å². The predicted octanol–water partition coefficient (Wildman–Crippen LogP) is 1.03. The topological polar surface area (TPSA) is 107 Å². The third-order valence-electron chi connectivity index (χ3n) is 7.75. The molecule has 2 saturated carbocycles. The number of rotatable bonds is 2. The van der Waals surface area contributed by atoms with Crippen LogP contribution in [-0.2, 0) is 9.53 Å². The fourth-order valence-corrected chi connectivity index (χ4v) is 6.82. The molecule has 8 atom stereocenters. The first-order chi connectivity index (χ1) is 11.8. The molecule has 0 aromatic heterocycles. The molecule has 26 heavy (non-hydrogen) atoms. The number of hydrogen-bond acceptors (Lipinski definition) is 6. The van der Waals surface area contributed by atoms with Crippen LogP contribution in [0.15, 0.2) is 0 Å². The maximum atomic E-state index is 13.3. The zero-order chi connectivity index (χ0) is 19.7. The Labute approximate surface area is 155 Å². The highest BCUT2D eigenvalue weighted by Gasteiger charge is 2.71. The van der Waals surface area contributed by atoms with Gasteiger partial charge in [-0.3, -0.25) is 4.79 Å². The molecule has 4 N–H and O–H groups in total. The van der Waals surface area contributed by atoms with Gasteiger partial charge in [0.2, 0.25) is 0 Å². The minimum Gasteiger partial charge on any atom is -0.394 e. The van der Waals surface area contributed by atoms with Crippen LogP contribution in [0.5, 0.6) is 0 Å². The van der Waals surface area contributed by atoms with Crippen LogP contribution >= 0.6 is 0 Å². The Balaban J connectivity index is 2.11. The van der Waals surface area contributed by atoms with Crippen LogP contribution in [0, 0.1) is 22.7 Å². The number of aliphatic hydroxyl groups is 4. The van der Waals surface area contributed by atoms with Crippen LogP contribution in [0.3, 0.4) is 0 Å². The molecule has 6 heteroatoms. The van der Waals surface area contributed by atoms with E-state index in [2.05, 4.69) is 13.8 Å². The number of carbonyl (C=O) groups excluding carboxylic acids is 1. The molecule has 1 aliphatic heterocycles. The lowest BCUT2D eigenvalue weighted by Gasteiger charge is -2.67. The van der Waals surface area contributed by atoms with E-state index in [0.717, 1.165) is 19.3 Å². The zero-order valence-electron chi connectivity index (χ0n) is 16.5. The Kier molecular flexibility index (Phi) is 4.65. The maximum absolute atomic E-state index is 13.3. The summed E-state index contributed by atoms with van der Waals surface area (Å²) in [6, 6.07) is 0. The van der Waals surface area contributed by atoms with E-state index in [1.807, 2.05) is 6.92 Å². The summed E-state index contributed by atoms with van der Waals surface area (Å²) in [6.07, 6.45) is -0.812. The number of ether oxygens (including phenoxy) is 1. The Hall–Kier alpha value is -0.530. The highest BCUT2D eigenvalue weighted by atomic mass is 16.6. The molecule has 3 fully saturated rings. The summed E-state index contributed by atoms with van der Waals surface area (Å²) in [5, 5.41) is 41.7. The van der Waals surface area contributed by atoms with Gasteiger partial charge >= 0.3 is 0 Å². The Bertz CT molecular complexity index is 591. The summed E-state index contributed by atoms with van der Waals surface area (Å²) < 4.78 is 6.21. The van der Waals surface area contributed by atoms with Gasteiger partial charge < -0.3 is 25.2 Å². The lowest BCUT2D eigenvalue weighted by molar-refractivity contribution is -0.323. The molecule has 150 valence electrons. The van der Waals surface area contributed by atoms with Crippen LogP contribution in [0.4, 0.5) is 0 Å². The number of fused-ring (bicyclic) bond motifs is 3. The normalized spacial score (nSPS) is 52.1. The maximum Gasteiger partial charge on any atom is 0.142 e. The van der Waals surface area contributed by atoms with Crippen molar-refractivity contribution in [3.63, 3.8) is 0 Å². The Morgan fingerprint density at radius 3 is 2.35 bits per heavy atom. The molecule has 0 aromatic rings. The first-order valence-corrected chi connectivity index (χ1v) is 9.71. The summed E-state index contributed by atoms with van der Waals surface area (Å²) in [5.41, 5.74) is -3.28. The molecular formula is C20H34O6. The van der Waals surface area contributed by atoms with Crippen molar-refractivity contribution >= 4 is 5.78 Å². The summed E-state index contributed by atoms with van der Waals surface area (Å²) >= 11 is 0. The molecule has 6 nitrogen and oxygen atoms in total. The van der Waals surface area contributed by atoms with Crippen molar-refractivity contribution in [2.24, 2.45) is 22.7 Å². The van der Waals surface area contributed by atoms with Gasteiger partial charge in [0.25, 0.3) is 0 Å². The summed E-state index contributed by atoms with van der Waals surface area (Å²) in [7, 11) is 0. The number of aliphatic hydroxyl groups excluding tert-OH is 4. The summed E-state index contributed by atoms with van der Waals surface area (Å²) in [4.78, 5) is 13.3. The van der Waals surface area contributed by atoms with Crippen molar-refractivity contribution in [2.45, 2.75) is 89.8 Å². The van der Waals surface area contributed by atoms with Crippen molar-refractivity contribution in [2.75, 3.05) is 6.61 Å². The Morgan fingerprint density at radius 1 is 1.15 bits per heavy atom.